The minimum Gasteiger partial charge on any atom is -0.493 e. The summed E-state index contributed by atoms with van der Waals surface area (Å²) in [6, 6.07) is 11.1. The van der Waals surface area contributed by atoms with Gasteiger partial charge in [-0.2, -0.15) is 0 Å². The van der Waals surface area contributed by atoms with E-state index in [1.54, 1.807) is 12.0 Å². The van der Waals surface area contributed by atoms with Crippen molar-refractivity contribution in [3.8, 4) is 11.5 Å². The Kier molecular flexibility index (Phi) is 3.96. The van der Waals surface area contributed by atoms with Crippen LogP contribution >= 0.6 is 31.9 Å². The lowest BCUT2D eigenvalue weighted by Crippen LogP contribution is -2.65. The molecule has 0 radical (unpaired) electrons. The molecular weight excluding hydrogens is 452 g/mol. The Balaban J connectivity index is 1.82. The van der Waals surface area contributed by atoms with Gasteiger partial charge in [-0.15, -0.1) is 0 Å². The molecule has 0 spiro atoms. The van der Waals surface area contributed by atoms with Gasteiger partial charge in [0.1, 0.15) is 0 Å². The Morgan fingerprint density at radius 2 is 1.96 bits per heavy atom. The van der Waals surface area contributed by atoms with E-state index in [0.717, 1.165) is 20.2 Å². The fourth-order valence-electron chi connectivity index (χ4n) is 3.53. The number of halogens is 2. The number of urea groups is 1. The number of ether oxygens (including phenoxy) is 2. The number of rotatable bonds is 2. The van der Waals surface area contributed by atoms with Crippen LogP contribution in [0.25, 0.3) is 0 Å². The van der Waals surface area contributed by atoms with Crippen LogP contribution in [0, 0.1) is 0 Å². The number of carbonyl (C=O) groups is 1. The first-order valence-electron chi connectivity index (χ1n) is 7.84. The number of hydrogen-bond donors (Lipinski definition) is 1. The maximum Gasteiger partial charge on any atom is 0.325 e. The fourth-order valence-corrected chi connectivity index (χ4v) is 4.25. The Morgan fingerprint density at radius 3 is 2.64 bits per heavy atom. The third-order valence-electron chi connectivity index (χ3n) is 4.61. The van der Waals surface area contributed by atoms with Gasteiger partial charge in [0.15, 0.2) is 17.2 Å². The summed E-state index contributed by atoms with van der Waals surface area (Å²) in [6.07, 6.45) is 0.640. The smallest absolute Gasteiger partial charge is 0.325 e. The molecule has 2 bridgehead atoms. The molecule has 0 unspecified atom stereocenters. The van der Waals surface area contributed by atoms with E-state index < -0.39 is 5.72 Å². The summed E-state index contributed by atoms with van der Waals surface area (Å²) in [5, 5.41) is 3.09. The Hall–Kier alpha value is -1.73. The first-order chi connectivity index (χ1) is 11.9. The van der Waals surface area contributed by atoms with Crippen LogP contribution in [-0.2, 0) is 0 Å². The van der Waals surface area contributed by atoms with E-state index >= 15 is 0 Å². The van der Waals surface area contributed by atoms with Crippen molar-refractivity contribution in [1.29, 1.82) is 0 Å². The van der Waals surface area contributed by atoms with Crippen LogP contribution < -0.4 is 19.7 Å². The van der Waals surface area contributed by atoms with E-state index in [9.17, 15) is 4.79 Å². The summed E-state index contributed by atoms with van der Waals surface area (Å²) < 4.78 is 13.7. The lowest BCUT2D eigenvalue weighted by Gasteiger charge is -2.50. The first-order valence-corrected chi connectivity index (χ1v) is 9.42. The van der Waals surface area contributed by atoms with Gasteiger partial charge < -0.3 is 14.8 Å². The summed E-state index contributed by atoms with van der Waals surface area (Å²) in [5.41, 5.74) is 0.906. The molecule has 1 fully saturated rings. The molecule has 4 rings (SSSR count). The van der Waals surface area contributed by atoms with Crippen molar-refractivity contribution in [2.75, 3.05) is 12.0 Å². The molecule has 1 N–H and O–H groups in total. The average molecular weight is 468 g/mol. The zero-order chi connectivity index (χ0) is 17.8. The highest BCUT2D eigenvalue weighted by atomic mass is 79.9. The van der Waals surface area contributed by atoms with Crippen LogP contribution in [0.5, 0.6) is 11.5 Å². The second kappa shape index (κ2) is 5.92. The number of fused-ring (bicyclic) bond motifs is 4. The topological polar surface area (TPSA) is 50.8 Å². The molecular formula is C18H16Br2N2O3. The number of carbonyl (C=O) groups excluding carboxylic acids is 1. The van der Waals surface area contributed by atoms with Crippen molar-refractivity contribution in [3.05, 3.63) is 50.9 Å². The number of amides is 2. The van der Waals surface area contributed by atoms with Gasteiger partial charge in [0.05, 0.1) is 13.2 Å². The number of anilines is 1. The van der Waals surface area contributed by atoms with Gasteiger partial charge in [0.25, 0.3) is 0 Å². The van der Waals surface area contributed by atoms with Crippen molar-refractivity contribution in [2.45, 2.75) is 25.1 Å². The number of hydrogen-bond acceptors (Lipinski definition) is 3. The van der Waals surface area contributed by atoms with Crippen molar-refractivity contribution < 1.29 is 14.3 Å². The molecule has 2 aliphatic rings. The molecule has 2 aliphatic heterocycles. The summed E-state index contributed by atoms with van der Waals surface area (Å²) in [7, 11) is 1.61. The summed E-state index contributed by atoms with van der Waals surface area (Å²) in [4.78, 5) is 14.5. The van der Waals surface area contributed by atoms with E-state index in [2.05, 4.69) is 37.2 Å². The SMILES string of the molecule is COc1cc(Br)cc2c1O[C@@]1(C)C[C@@H]2NC(=O)N1c1ccc(Br)cc1. The second-order valence-corrected chi connectivity index (χ2v) is 8.15. The molecule has 25 heavy (non-hydrogen) atoms. The van der Waals surface area contributed by atoms with Gasteiger partial charge >= 0.3 is 6.03 Å². The summed E-state index contributed by atoms with van der Waals surface area (Å²) >= 11 is 6.92. The third-order valence-corrected chi connectivity index (χ3v) is 5.59. The van der Waals surface area contributed by atoms with Crippen molar-refractivity contribution >= 4 is 43.6 Å². The summed E-state index contributed by atoms with van der Waals surface area (Å²) in [5.74, 6) is 1.32. The first kappa shape index (κ1) is 16.7. The van der Waals surface area contributed by atoms with Crippen LogP contribution in [0.15, 0.2) is 45.3 Å². The predicted molar refractivity (Wildman–Crippen MR) is 102 cm³/mol. The average Bonchev–Trinajstić information content (AvgIpc) is 2.56. The van der Waals surface area contributed by atoms with E-state index in [1.807, 2.05) is 43.3 Å². The molecule has 5 nitrogen and oxygen atoms in total. The van der Waals surface area contributed by atoms with Crippen molar-refractivity contribution in [2.24, 2.45) is 0 Å². The van der Waals surface area contributed by atoms with Gasteiger partial charge in [-0.25, -0.2) is 4.79 Å². The maximum absolute atomic E-state index is 12.8. The van der Waals surface area contributed by atoms with Crippen LogP contribution in [0.3, 0.4) is 0 Å². The van der Waals surface area contributed by atoms with E-state index in [0.29, 0.717) is 17.9 Å². The Bertz CT molecular complexity index is 856. The molecule has 2 aromatic carbocycles. The molecule has 2 aromatic rings. The highest BCUT2D eigenvalue weighted by Gasteiger charge is 2.50. The zero-order valence-corrected chi connectivity index (χ0v) is 16.8. The van der Waals surface area contributed by atoms with Gasteiger partial charge in [0, 0.05) is 26.6 Å². The largest absolute Gasteiger partial charge is 0.493 e. The molecule has 2 heterocycles. The maximum atomic E-state index is 12.8. The molecule has 1 saturated heterocycles. The van der Waals surface area contributed by atoms with Crippen LogP contribution in [0.4, 0.5) is 10.5 Å². The number of nitrogens with one attached hydrogen (secondary N) is 1. The summed E-state index contributed by atoms with van der Waals surface area (Å²) in [6.45, 7) is 1.94. The fraction of sp³-hybridized carbons (Fsp3) is 0.278. The normalized spacial score (nSPS) is 24.2. The number of benzene rings is 2. The molecule has 2 atom stereocenters. The van der Waals surface area contributed by atoms with Gasteiger partial charge in [-0.05, 0) is 43.3 Å². The monoisotopic (exact) mass is 466 g/mol. The van der Waals surface area contributed by atoms with Gasteiger partial charge in [-0.3, -0.25) is 4.90 Å². The quantitative estimate of drug-likeness (QED) is 0.676. The minimum absolute atomic E-state index is 0.126. The minimum atomic E-state index is -0.797. The third kappa shape index (κ3) is 2.69. The molecule has 2 amide bonds. The van der Waals surface area contributed by atoms with Gasteiger partial charge in [-0.1, -0.05) is 31.9 Å². The second-order valence-electron chi connectivity index (χ2n) is 6.32. The van der Waals surface area contributed by atoms with Crippen molar-refractivity contribution in [1.82, 2.24) is 5.32 Å². The highest BCUT2D eigenvalue weighted by Crippen LogP contribution is 2.50. The zero-order valence-electron chi connectivity index (χ0n) is 13.7. The van der Waals surface area contributed by atoms with Crippen molar-refractivity contribution in [3.63, 3.8) is 0 Å². The highest BCUT2D eigenvalue weighted by molar-refractivity contribution is 9.10. The molecule has 0 aliphatic carbocycles. The van der Waals surface area contributed by atoms with Crippen LogP contribution in [-0.4, -0.2) is 18.9 Å². The molecule has 130 valence electrons. The van der Waals surface area contributed by atoms with Crippen LogP contribution in [0.1, 0.15) is 24.9 Å². The van der Waals surface area contributed by atoms with Crippen LogP contribution in [0.2, 0.25) is 0 Å². The number of nitrogens with zero attached hydrogens (tertiary/aromatic N) is 1. The number of methoxy groups -OCH3 is 1. The molecule has 0 aromatic heterocycles. The standard InChI is InChI=1S/C18H16Br2N2O3/c1-18-9-14(13-7-11(20)8-15(24-2)16(13)25-18)21-17(23)22(18)12-5-3-10(19)4-6-12/h3-8,14H,9H2,1-2H3,(H,21,23)/t14-,18-/m0/s1. The Morgan fingerprint density at radius 1 is 1.24 bits per heavy atom. The van der Waals surface area contributed by atoms with E-state index in [1.165, 1.54) is 0 Å². The Labute approximate surface area is 162 Å². The van der Waals surface area contributed by atoms with E-state index in [-0.39, 0.29) is 12.1 Å². The van der Waals surface area contributed by atoms with E-state index in [4.69, 9.17) is 9.47 Å². The van der Waals surface area contributed by atoms with Gasteiger partial charge in [0.2, 0.25) is 0 Å². The lowest BCUT2D eigenvalue weighted by atomic mass is 9.90. The molecule has 0 saturated carbocycles. The molecule has 7 heteroatoms. The lowest BCUT2D eigenvalue weighted by molar-refractivity contribution is 0.0349. The predicted octanol–water partition coefficient (Wildman–Crippen LogP) is 4.99.